The molecule has 12 heavy (non-hydrogen) atoms. The van der Waals surface area contributed by atoms with Crippen LogP contribution in [0.15, 0.2) is 0 Å². The van der Waals surface area contributed by atoms with Gasteiger partial charge in [0.1, 0.15) is 0 Å². The quantitative estimate of drug-likeness (QED) is 0.581. The van der Waals surface area contributed by atoms with Crippen molar-refractivity contribution in [1.29, 1.82) is 0 Å². The molecule has 4 heteroatoms. The van der Waals surface area contributed by atoms with Crippen molar-refractivity contribution in [3.63, 3.8) is 0 Å². The van der Waals surface area contributed by atoms with Crippen LogP contribution in [0.5, 0.6) is 0 Å². The highest BCUT2D eigenvalue weighted by atomic mass is 16.4. The molecule has 4 nitrogen and oxygen atoms in total. The largest absolute Gasteiger partial charge is 0.481 e. The van der Waals surface area contributed by atoms with E-state index in [1.165, 1.54) is 0 Å². The highest BCUT2D eigenvalue weighted by Crippen LogP contribution is 1.95. The van der Waals surface area contributed by atoms with Crippen molar-refractivity contribution < 1.29 is 14.7 Å². The maximum Gasteiger partial charge on any atom is 0.303 e. The van der Waals surface area contributed by atoms with Gasteiger partial charge in [0, 0.05) is 12.5 Å². The summed E-state index contributed by atoms with van der Waals surface area (Å²) in [6.45, 7) is 1.71. The standard InChI is InChI=1S/C8H11NO3/c1-3-7(10)9-6(2)4-5-8(11)12/h1,6H,4-5H2,2H3,(H,9,10)(H,11,12). The van der Waals surface area contributed by atoms with E-state index in [-0.39, 0.29) is 12.5 Å². The normalized spacial score (nSPS) is 11.3. The van der Waals surface area contributed by atoms with Crippen LogP contribution in [0.3, 0.4) is 0 Å². The molecule has 0 aliphatic rings. The van der Waals surface area contributed by atoms with Crippen molar-refractivity contribution in [2.45, 2.75) is 25.8 Å². The summed E-state index contributed by atoms with van der Waals surface area (Å²) in [7, 11) is 0. The first kappa shape index (κ1) is 10.5. The maximum atomic E-state index is 10.6. The van der Waals surface area contributed by atoms with E-state index in [2.05, 4.69) is 5.32 Å². The van der Waals surface area contributed by atoms with Gasteiger partial charge in [0.25, 0.3) is 5.91 Å². The fourth-order valence-corrected chi connectivity index (χ4v) is 0.678. The summed E-state index contributed by atoms with van der Waals surface area (Å²) in [6.07, 6.45) is 5.22. The average molecular weight is 169 g/mol. The summed E-state index contributed by atoms with van der Waals surface area (Å²) in [5.41, 5.74) is 0. The van der Waals surface area contributed by atoms with Crippen molar-refractivity contribution in [2.24, 2.45) is 0 Å². The van der Waals surface area contributed by atoms with Crippen LogP contribution in [0.1, 0.15) is 19.8 Å². The first-order chi connectivity index (χ1) is 5.56. The second kappa shape index (κ2) is 5.19. The maximum absolute atomic E-state index is 10.6. The van der Waals surface area contributed by atoms with Crippen molar-refractivity contribution in [3.8, 4) is 12.3 Å². The Morgan fingerprint density at radius 1 is 1.67 bits per heavy atom. The van der Waals surface area contributed by atoms with E-state index >= 15 is 0 Å². The van der Waals surface area contributed by atoms with Gasteiger partial charge in [-0.2, -0.15) is 0 Å². The van der Waals surface area contributed by atoms with Crippen molar-refractivity contribution in [2.75, 3.05) is 0 Å². The van der Waals surface area contributed by atoms with Gasteiger partial charge in [0.2, 0.25) is 0 Å². The van der Waals surface area contributed by atoms with Gasteiger partial charge in [-0.25, -0.2) is 0 Å². The van der Waals surface area contributed by atoms with Crippen molar-refractivity contribution >= 4 is 11.9 Å². The van der Waals surface area contributed by atoms with Gasteiger partial charge in [0.15, 0.2) is 0 Å². The number of carboxylic acids is 1. The Morgan fingerprint density at radius 3 is 2.67 bits per heavy atom. The molecule has 0 radical (unpaired) electrons. The number of carboxylic acid groups (broad SMARTS) is 1. The first-order valence-corrected chi connectivity index (χ1v) is 3.55. The molecule has 0 aromatic heterocycles. The molecule has 0 bridgehead atoms. The average Bonchev–Trinajstić information content (AvgIpc) is 2.00. The highest BCUT2D eigenvalue weighted by molar-refractivity contribution is 5.92. The Labute approximate surface area is 71.0 Å². The molecule has 0 saturated carbocycles. The molecule has 0 heterocycles. The number of carbonyl (C=O) groups excluding carboxylic acids is 1. The summed E-state index contributed by atoms with van der Waals surface area (Å²) in [5, 5.41) is 10.7. The van der Waals surface area contributed by atoms with Crippen LogP contribution >= 0.6 is 0 Å². The Balaban J connectivity index is 3.61. The SMILES string of the molecule is C#CC(=O)NC(C)CCC(=O)O. The van der Waals surface area contributed by atoms with Gasteiger partial charge in [-0.3, -0.25) is 9.59 Å². The Bertz CT molecular complexity index is 217. The van der Waals surface area contributed by atoms with Crippen LogP contribution < -0.4 is 5.32 Å². The van der Waals surface area contributed by atoms with Gasteiger partial charge in [0.05, 0.1) is 0 Å². The van der Waals surface area contributed by atoms with Crippen LogP contribution in [-0.4, -0.2) is 23.0 Å². The van der Waals surface area contributed by atoms with Crippen LogP contribution in [0.2, 0.25) is 0 Å². The summed E-state index contributed by atoms with van der Waals surface area (Å²) >= 11 is 0. The number of rotatable bonds is 4. The van der Waals surface area contributed by atoms with Crippen molar-refractivity contribution in [3.05, 3.63) is 0 Å². The molecule has 1 unspecified atom stereocenters. The van der Waals surface area contributed by atoms with Gasteiger partial charge in [-0.05, 0) is 19.3 Å². The lowest BCUT2D eigenvalue weighted by Gasteiger charge is -2.08. The minimum Gasteiger partial charge on any atom is -0.481 e. The van der Waals surface area contributed by atoms with Gasteiger partial charge >= 0.3 is 5.97 Å². The Kier molecular flexibility index (Phi) is 4.54. The predicted molar refractivity (Wildman–Crippen MR) is 43.3 cm³/mol. The number of hydrogen-bond donors (Lipinski definition) is 2. The molecule has 0 aromatic carbocycles. The van der Waals surface area contributed by atoms with E-state index in [0.717, 1.165) is 0 Å². The lowest BCUT2D eigenvalue weighted by molar-refractivity contribution is -0.137. The smallest absolute Gasteiger partial charge is 0.303 e. The first-order valence-electron chi connectivity index (χ1n) is 3.55. The molecule has 1 atom stereocenters. The number of terminal acetylenes is 1. The molecule has 0 aliphatic carbocycles. The highest BCUT2D eigenvalue weighted by Gasteiger charge is 2.06. The molecule has 66 valence electrons. The fraction of sp³-hybridized carbons (Fsp3) is 0.500. The lowest BCUT2D eigenvalue weighted by atomic mass is 10.2. The zero-order valence-corrected chi connectivity index (χ0v) is 6.83. The summed E-state index contributed by atoms with van der Waals surface area (Å²) in [6, 6.07) is -0.190. The third-order valence-electron chi connectivity index (χ3n) is 1.30. The van der Waals surface area contributed by atoms with Gasteiger partial charge in [-0.1, -0.05) is 0 Å². The molecule has 2 N–H and O–H groups in total. The second-order valence-electron chi connectivity index (χ2n) is 2.45. The Morgan fingerprint density at radius 2 is 2.25 bits per heavy atom. The summed E-state index contributed by atoms with van der Waals surface area (Å²) in [5.74, 6) is 0.501. The molecule has 0 fully saturated rings. The minimum absolute atomic E-state index is 0.0337. The van der Waals surface area contributed by atoms with Gasteiger partial charge in [-0.15, -0.1) is 6.42 Å². The van der Waals surface area contributed by atoms with E-state index in [1.807, 2.05) is 5.92 Å². The number of carbonyl (C=O) groups is 2. The minimum atomic E-state index is -0.878. The van der Waals surface area contributed by atoms with E-state index < -0.39 is 11.9 Å². The van der Waals surface area contributed by atoms with Crippen LogP contribution in [0, 0.1) is 12.3 Å². The molecule has 0 aromatic rings. The molecule has 1 amide bonds. The zero-order valence-electron chi connectivity index (χ0n) is 6.83. The topological polar surface area (TPSA) is 66.4 Å². The number of nitrogens with one attached hydrogen (secondary N) is 1. The molecule has 0 saturated heterocycles. The van der Waals surface area contributed by atoms with E-state index in [0.29, 0.717) is 6.42 Å². The monoisotopic (exact) mass is 169 g/mol. The van der Waals surface area contributed by atoms with E-state index in [9.17, 15) is 9.59 Å². The predicted octanol–water partition coefficient (Wildman–Crippen LogP) is -0.0109. The number of amides is 1. The third kappa shape index (κ3) is 5.30. The number of aliphatic carboxylic acids is 1. The summed E-state index contributed by atoms with van der Waals surface area (Å²) in [4.78, 5) is 20.7. The second-order valence-corrected chi connectivity index (χ2v) is 2.45. The van der Waals surface area contributed by atoms with Crippen LogP contribution in [0.4, 0.5) is 0 Å². The zero-order chi connectivity index (χ0) is 9.56. The lowest BCUT2D eigenvalue weighted by Crippen LogP contribution is -2.31. The van der Waals surface area contributed by atoms with Crippen LogP contribution in [0.25, 0.3) is 0 Å². The number of hydrogen-bond acceptors (Lipinski definition) is 2. The molecular weight excluding hydrogens is 158 g/mol. The van der Waals surface area contributed by atoms with Crippen LogP contribution in [-0.2, 0) is 9.59 Å². The van der Waals surface area contributed by atoms with Gasteiger partial charge < -0.3 is 10.4 Å². The Hall–Kier alpha value is -1.50. The van der Waals surface area contributed by atoms with E-state index in [1.54, 1.807) is 6.92 Å². The molecular formula is C8H11NO3. The third-order valence-corrected chi connectivity index (χ3v) is 1.30. The molecule has 0 spiro atoms. The molecule has 0 aliphatic heterocycles. The summed E-state index contributed by atoms with van der Waals surface area (Å²) < 4.78 is 0. The molecule has 0 rings (SSSR count). The van der Waals surface area contributed by atoms with E-state index in [4.69, 9.17) is 11.5 Å². The fourth-order valence-electron chi connectivity index (χ4n) is 0.678. The van der Waals surface area contributed by atoms with Crippen molar-refractivity contribution in [1.82, 2.24) is 5.32 Å².